The zero-order valence-corrected chi connectivity index (χ0v) is 44.0. The normalized spacial score (nSPS) is 12.6. The molecule has 6 nitrogen and oxygen atoms in total. The van der Waals surface area contributed by atoms with Crippen molar-refractivity contribution in [1.82, 2.24) is 5.32 Å². The third-order valence-electron chi connectivity index (χ3n) is 13.8. The Hall–Kier alpha value is -1.40. The lowest BCUT2D eigenvalue weighted by Gasteiger charge is -2.20. The van der Waals surface area contributed by atoms with Crippen LogP contribution in [0.15, 0.2) is 12.2 Å². The molecule has 0 aromatic heterocycles. The molecule has 0 bridgehead atoms. The first kappa shape index (κ1) is 63.6. The van der Waals surface area contributed by atoms with Gasteiger partial charge in [0.2, 0.25) is 5.91 Å². The van der Waals surface area contributed by atoms with E-state index in [-0.39, 0.29) is 18.5 Å². The van der Waals surface area contributed by atoms with Crippen molar-refractivity contribution in [2.75, 3.05) is 13.2 Å². The van der Waals surface area contributed by atoms with Gasteiger partial charge in [-0.15, -0.1) is 0 Å². The molecule has 0 spiro atoms. The number of esters is 1. The molecule has 0 aromatic carbocycles. The summed E-state index contributed by atoms with van der Waals surface area (Å²) < 4.78 is 5.48. The minimum Gasteiger partial charge on any atom is -0.466 e. The molecule has 0 saturated carbocycles. The summed E-state index contributed by atoms with van der Waals surface area (Å²) >= 11 is 0. The first-order valence-corrected chi connectivity index (χ1v) is 29.5. The number of unbranched alkanes of at least 4 members (excludes halogenated alkanes) is 44. The van der Waals surface area contributed by atoms with Crippen molar-refractivity contribution in [2.24, 2.45) is 0 Å². The summed E-state index contributed by atoms with van der Waals surface area (Å²) in [7, 11) is 0. The van der Waals surface area contributed by atoms with Gasteiger partial charge in [-0.2, -0.15) is 0 Å². The van der Waals surface area contributed by atoms with Crippen molar-refractivity contribution in [3.05, 3.63) is 12.2 Å². The summed E-state index contributed by atoms with van der Waals surface area (Å²) in [5, 5.41) is 23.1. The zero-order valence-electron chi connectivity index (χ0n) is 44.0. The average Bonchev–Trinajstić information content (AvgIpc) is 3.31. The fourth-order valence-electron chi connectivity index (χ4n) is 9.28. The molecule has 386 valence electrons. The number of rotatable bonds is 55. The smallest absolute Gasteiger partial charge is 0.305 e. The fourth-order valence-corrected chi connectivity index (χ4v) is 9.28. The van der Waals surface area contributed by atoms with Crippen molar-refractivity contribution < 1.29 is 24.5 Å². The van der Waals surface area contributed by atoms with Crippen LogP contribution >= 0.6 is 0 Å². The van der Waals surface area contributed by atoms with Gasteiger partial charge in [0, 0.05) is 12.8 Å². The molecule has 2 atom stereocenters. The van der Waals surface area contributed by atoms with Crippen LogP contribution in [0, 0.1) is 0 Å². The number of nitrogens with one attached hydrogen (secondary N) is 1. The molecular formula is C59H115NO5. The van der Waals surface area contributed by atoms with Gasteiger partial charge >= 0.3 is 5.97 Å². The molecule has 3 N–H and O–H groups in total. The standard InChI is InChI=1S/C59H115NO5/c1-3-5-7-9-11-13-15-17-19-21-23-25-26-28-30-32-35-39-43-47-51-57(62)56(55-61)60-58(63)52-48-44-40-36-34-38-42-46-50-54-65-59(64)53-49-45-41-37-33-31-29-27-24-22-20-18-16-14-12-10-8-6-4-2/h47,51,56-57,61-62H,3-46,48-50,52-55H2,1-2H3,(H,60,63)/b51-47+. The molecule has 2 unspecified atom stereocenters. The highest BCUT2D eigenvalue weighted by atomic mass is 16.5. The minimum absolute atomic E-state index is 0.0215. The quantitative estimate of drug-likeness (QED) is 0.0321. The number of hydrogen-bond acceptors (Lipinski definition) is 5. The second-order valence-corrected chi connectivity index (χ2v) is 20.3. The number of aliphatic hydroxyl groups excluding tert-OH is 2. The average molecular weight is 919 g/mol. The van der Waals surface area contributed by atoms with Crippen molar-refractivity contribution >= 4 is 11.9 Å². The van der Waals surface area contributed by atoms with Crippen LogP contribution < -0.4 is 5.32 Å². The van der Waals surface area contributed by atoms with Gasteiger partial charge in [-0.25, -0.2) is 0 Å². The van der Waals surface area contributed by atoms with Gasteiger partial charge in [0.25, 0.3) is 0 Å². The molecule has 0 saturated heterocycles. The predicted octanol–water partition coefficient (Wildman–Crippen LogP) is 18.1. The summed E-state index contributed by atoms with van der Waals surface area (Å²) in [6.07, 6.45) is 65.2. The first-order valence-electron chi connectivity index (χ1n) is 29.5. The van der Waals surface area contributed by atoms with Crippen LogP contribution in [-0.2, 0) is 14.3 Å². The topological polar surface area (TPSA) is 95.9 Å². The lowest BCUT2D eigenvalue weighted by Crippen LogP contribution is -2.45. The highest BCUT2D eigenvalue weighted by Crippen LogP contribution is 2.18. The van der Waals surface area contributed by atoms with Gasteiger partial charge in [-0.05, 0) is 32.1 Å². The molecule has 1 amide bonds. The van der Waals surface area contributed by atoms with E-state index >= 15 is 0 Å². The van der Waals surface area contributed by atoms with Crippen LogP contribution in [-0.4, -0.2) is 47.4 Å². The van der Waals surface area contributed by atoms with Gasteiger partial charge in [0.05, 0.1) is 25.4 Å². The van der Waals surface area contributed by atoms with Crippen LogP contribution in [0.2, 0.25) is 0 Å². The maximum absolute atomic E-state index is 12.5. The van der Waals surface area contributed by atoms with Crippen molar-refractivity contribution in [2.45, 2.75) is 341 Å². The number of carbonyl (C=O) groups excluding carboxylic acids is 2. The third kappa shape index (κ3) is 51.8. The van der Waals surface area contributed by atoms with E-state index in [1.54, 1.807) is 6.08 Å². The summed E-state index contributed by atoms with van der Waals surface area (Å²) in [6.45, 7) is 4.87. The van der Waals surface area contributed by atoms with Crippen molar-refractivity contribution in [3.63, 3.8) is 0 Å². The summed E-state index contributed by atoms with van der Waals surface area (Å²) in [5.41, 5.74) is 0. The Bertz CT molecular complexity index is 970. The Morgan fingerprint density at radius 1 is 0.415 bits per heavy atom. The number of allylic oxidation sites excluding steroid dienone is 1. The second-order valence-electron chi connectivity index (χ2n) is 20.3. The molecule has 0 aliphatic carbocycles. The second kappa shape index (κ2) is 55.2. The Kier molecular flexibility index (Phi) is 54.0. The van der Waals surface area contributed by atoms with E-state index < -0.39 is 12.1 Å². The highest BCUT2D eigenvalue weighted by Gasteiger charge is 2.18. The lowest BCUT2D eigenvalue weighted by molar-refractivity contribution is -0.143. The zero-order chi connectivity index (χ0) is 47.2. The van der Waals surface area contributed by atoms with Gasteiger partial charge < -0.3 is 20.3 Å². The van der Waals surface area contributed by atoms with Crippen LogP contribution in [0.25, 0.3) is 0 Å². The van der Waals surface area contributed by atoms with E-state index in [1.165, 1.54) is 244 Å². The number of carbonyl (C=O) groups is 2. The third-order valence-corrected chi connectivity index (χ3v) is 13.8. The Morgan fingerprint density at radius 3 is 1.05 bits per heavy atom. The van der Waals surface area contributed by atoms with Gasteiger partial charge in [-0.1, -0.05) is 296 Å². The Morgan fingerprint density at radius 2 is 0.708 bits per heavy atom. The number of hydrogen-bond donors (Lipinski definition) is 3. The highest BCUT2D eigenvalue weighted by molar-refractivity contribution is 5.76. The van der Waals surface area contributed by atoms with Crippen molar-refractivity contribution in [3.8, 4) is 0 Å². The van der Waals surface area contributed by atoms with E-state index in [4.69, 9.17) is 4.74 Å². The Labute approximate surface area is 406 Å². The molecular weight excluding hydrogens is 803 g/mol. The molecule has 6 heteroatoms. The maximum atomic E-state index is 12.5. The number of amides is 1. The van der Waals surface area contributed by atoms with Crippen LogP contribution in [0.4, 0.5) is 0 Å². The molecule has 0 rings (SSSR count). The molecule has 0 aliphatic heterocycles. The van der Waals surface area contributed by atoms with Crippen LogP contribution in [0.1, 0.15) is 328 Å². The van der Waals surface area contributed by atoms with Crippen LogP contribution in [0.3, 0.4) is 0 Å². The molecule has 0 aliphatic rings. The SMILES string of the molecule is CCCCCCCCCCCCCCCCCCCC/C=C/C(O)C(CO)NC(=O)CCCCCCCCCCCOC(=O)CCCCCCCCCCCCCCCCCCCCC. The van der Waals surface area contributed by atoms with E-state index in [2.05, 4.69) is 19.2 Å². The minimum atomic E-state index is -0.861. The van der Waals surface area contributed by atoms with Crippen molar-refractivity contribution in [1.29, 1.82) is 0 Å². The maximum Gasteiger partial charge on any atom is 0.305 e. The largest absolute Gasteiger partial charge is 0.466 e. The van der Waals surface area contributed by atoms with Gasteiger partial charge in [0.1, 0.15) is 0 Å². The van der Waals surface area contributed by atoms with Crippen LogP contribution in [0.5, 0.6) is 0 Å². The number of ether oxygens (including phenoxy) is 1. The summed E-state index contributed by atoms with van der Waals surface area (Å²) in [5.74, 6) is -0.113. The van der Waals surface area contributed by atoms with Gasteiger partial charge in [0.15, 0.2) is 0 Å². The lowest BCUT2D eigenvalue weighted by atomic mass is 10.0. The fraction of sp³-hybridized carbons (Fsp3) is 0.932. The first-order chi connectivity index (χ1) is 32.0. The van der Waals surface area contributed by atoms with E-state index in [0.29, 0.717) is 19.4 Å². The monoisotopic (exact) mass is 918 g/mol. The summed E-state index contributed by atoms with van der Waals surface area (Å²) in [4.78, 5) is 24.6. The Balaban J connectivity index is 3.48. The molecule has 0 heterocycles. The predicted molar refractivity (Wildman–Crippen MR) is 283 cm³/mol. The summed E-state index contributed by atoms with van der Waals surface area (Å²) in [6, 6.07) is -0.647. The molecule has 0 fully saturated rings. The van der Waals surface area contributed by atoms with Gasteiger partial charge in [-0.3, -0.25) is 9.59 Å². The van der Waals surface area contributed by atoms with E-state index in [0.717, 1.165) is 57.8 Å². The van der Waals surface area contributed by atoms with E-state index in [9.17, 15) is 19.8 Å². The molecule has 65 heavy (non-hydrogen) atoms. The molecule has 0 radical (unpaired) electrons. The molecule has 0 aromatic rings. The number of aliphatic hydroxyl groups is 2. The van der Waals surface area contributed by atoms with E-state index in [1.807, 2.05) is 6.08 Å².